The number of hydrogen-bond acceptors (Lipinski definition) is 0. The fourth-order valence-corrected chi connectivity index (χ4v) is 6.48. The van der Waals surface area contributed by atoms with E-state index in [1.165, 1.54) is 10.9 Å². The van der Waals surface area contributed by atoms with Crippen LogP contribution < -0.4 is 5.30 Å². The van der Waals surface area contributed by atoms with Crippen molar-refractivity contribution in [1.29, 1.82) is 0 Å². The molecule has 1 aromatic rings. The van der Waals surface area contributed by atoms with E-state index in [2.05, 4.69) is 72.7 Å². The van der Waals surface area contributed by atoms with Crippen LogP contribution >= 0.6 is 7.92 Å². The summed E-state index contributed by atoms with van der Waals surface area (Å²) in [4.78, 5) is 0. The minimum absolute atomic E-state index is 0.150. The van der Waals surface area contributed by atoms with E-state index in [0.29, 0.717) is 10.3 Å². The second-order valence-corrected chi connectivity index (χ2v) is 10.4. The summed E-state index contributed by atoms with van der Waals surface area (Å²) < 4.78 is 0. The van der Waals surface area contributed by atoms with Gasteiger partial charge in [0.15, 0.2) is 0 Å². The first kappa shape index (κ1) is 13.7. The molecule has 90 valence electrons. The molecule has 0 atom stereocenters. The fraction of sp³-hybridized carbons (Fsp3) is 0.600. The van der Waals surface area contributed by atoms with Gasteiger partial charge in [0.1, 0.15) is 0 Å². The van der Waals surface area contributed by atoms with Crippen LogP contribution in [0.5, 0.6) is 0 Å². The van der Waals surface area contributed by atoms with Gasteiger partial charge < -0.3 is 0 Å². The highest BCUT2D eigenvalue weighted by atomic mass is 31.1. The molecule has 1 heteroatoms. The highest BCUT2D eigenvalue weighted by Gasteiger charge is 2.35. The molecular weight excluding hydrogens is 211 g/mol. The molecule has 0 aliphatic rings. The van der Waals surface area contributed by atoms with Gasteiger partial charge in [0, 0.05) is 0 Å². The van der Waals surface area contributed by atoms with Crippen molar-refractivity contribution in [3.8, 4) is 0 Å². The van der Waals surface area contributed by atoms with E-state index >= 15 is 0 Å². The Morgan fingerprint density at radius 1 is 0.750 bits per heavy atom. The molecule has 0 fully saturated rings. The van der Waals surface area contributed by atoms with Gasteiger partial charge in [-0.15, -0.1) is 0 Å². The van der Waals surface area contributed by atoms with E-state index in [0.717, 1.165) is 0 Å². The smallest absolute Gasteiger partial charge is 0.0134 e. The van der Waals surface area contributed by atoms with E-state index in [-0.39, 0.29) is 7.92 Å². The zero-order valence-electron chi connectivity index (χ0n) is 11.8. The number of benzene rings is 1. The molecule has 0 unspecified atom stereocenters. The SMILES string of the molecule is Cc1ccc(P(C(C)(C)C)C(C)(C)C)cc1. The molecule has 0 bridgehead atoms. The van der Waals surface area contributed by atoms with Crippen molar-refractivity contribution in [2.75, 3.05) is 0 Å². The summed E-state index contributed by atoms with van der Waals surface area (Å²) in [6, 6.07) is 9.11. The summed E-state index contributed by atoms with van der Waals surface area (Å²) in [5.74, 6) is 0. The number of aryl methyl sites for hydroxylation is 1. The molecule has 0 aliphatic carbocycles. The molecule has 0 spiro atoms. The third kappa shape index (κ3) is 3.32. The van der Waals surface area contributed by atoms with E-state index < -0.39 is 0 Å². The summed E-state index contributed by atoms with van der Waals surface area (Å²) in [5, 5.41) is 2.26. The molecular formula is C15H25P. The van der Waals surface area contributed by atoms with Crippen LogP contribution in [0, 0.1) is 6.92 Å². The Balaban J connectivity index is 3.18. The van der Waals surface area contributed by atoms with E-state index in [1.54, 1.807) is 0 Å². The van der Waals surface area contributed by atoms with E-state index in [1.807, 2.05) is 0 Å². The summed E-state index contributed by atoms with van der Waals surface area (Å²) in [6.07, 6.45) is 0. The molecule has 0 aliphatic heterocycles. The Hall–Kier alpha value is -0.350. The van der Waals surface area contributed by atoms with Crippen LogP contribution in [-0.4, -0.2) is 10.3 Å². The summed E-state index contributed by atoms with van der Waals surface area (Å²) in [6.45, 7) is 16.3. The molecule has 0 radical (unpaired) electrons. The molecule has 1 rings (SSSR count). The van der Waals surface area contributed by atoms with Crippen LogP contribution in [0.2, 0.25) is 0 Å². The fourth-order valence-electron chi connectivity index (χ4n) is 2.47. The summed E-state index contributed by atoms with van der Waals surface area (Å²) in [5.41, 5.74) is 1.35. The Morgan fingerprint density at radius 2 is 1.12 bits per heavy atom. The van der Waals surface area contributed by atoms with Crippen LogP contribution in [0.25, 0.3) is 0 Å². The van der Waals surface area contributed by atoms with Crippen molar-refractivity contribution in [3.63, 3.8) is 0 Å². The van der Waals surface area contributed by atoms with Gasteiger partial charge in [-0.1, -0.05) is 79.3 Å². The first-order chi connectivity index (χ1) is 7.12. The molecule has 1 aromatic carbocycles. The van der Waals surface area contributed by atoms with Crippen molar-refractivity contribution in [2.45, 2.75) is 58.8 Å². The molecule has 0 saturated heterocycles. The Kier molecular flexibility index (Phi) is 3.85. The molecule has 0 N–H and O–H groups in total. The third-order valence-corrected chi connectivity index (χ3v) is 6.13. The van der Waals surface area contributed by atoms with E-state index in [9.17, 15) is 0 Å². The maximum atomic E-state index is 2.36. The monoisotopic (exact) mass is 236 g/mol. The topological polar surface area (TPSA) is 0 Å². The van der Waals surface area contributed by atoms with Gasteiger partial charge in [-0.05, 0) is 22.5 Å². The second-order valence-electron chi connectivity index (χ2n) is 6.51. The second kappa shape index (κ2) is 4.49. The maximum Gasteiger partial charge on any atom is -0.0134 e. The first-order valence-electron chi connectivity index (χ1n) is 5.99. The predicted molar refractivity (Wildman–Crippen MR) is 77.2 cm³/mol. The highest BCUT2D eigenvalue weighted by Crippen LogP contribution is 2.58. The minimum atomic E-state index is -0.150. The Morgan fingerprint density at radius 3 is 1.44 bits per heavy atom. The average Bonchev–Trinajstić information content (AvgIpc) is 2.03. The van der Waals surface area contributed by atoms with Gasteiger partial charge in [-0.25, -0.2) is 0 Å². The van der Waals surface area contributed by atoms with Crippen LogP contribution in [0.3, 0.4) is 0 Å². The lowest BCUT2D eigenvalue weighted by atomic mass is 10.2. The van der Waals surface area contributed by atoms with Crippen molar-refractivity contribution in [1.82, 2.24) is 0 Å². The van der Waals surface area contributed by atoms with Gasteiger partial charge in [0.05, 0.1) is 0 Å². The third-order valence-electron chi connectivity index (χ3n) is 2.63. The van der Waals surface area contributed by atoms with Gasteiger partial charge in [-0.2, -0.15) is 0 Å². The van der Waals surface area contributed by atoms with Crippen molar-refractivity contribution >= 4 is 13.2 Å². The Bertz CT molecular complexity index is 321. The van der Waals surface area contributed by atoms with Gasteiger partial charge in [0.25, 0.3) is 0 Å². The summed E-state index contributed by atoms with van der Waals surface area (Å²) >= 11 is 0. The van der Waals surface area contributed by atoms with Crippen LogP contribution in [-0.2, 0) is 0 Å². The molecule has 0 amide bonds. The van der Waals surface area contributed by atoms with Crippen molar-refractivity contribution in [3.05, 3.63) is 29.8 Å². The zero-order valence-corrected chi connectivity index (χ0v) is 12.7. The normalized spacial score (nSPS) is 13.2. The van der Waals surface area contributed by atoms with Crippen LogP contribution in [0.4, 0.5) is 0 Å². The quantitative estimate of drug-likeness (QED) is 0.620. The van der Waals surface area contributed by atoms with Gasteiger partial charge >= 0.3 is 0 Å². The van der Waals surface area contributed by atoms with E-state index in [4.69, 9.17) is 0 Å². The number of rotatable bonds is 1. The lowest BCUT2D eigenvalue weighted by Gasteiger charge is -2.41. The standard InChI is InChI=1S/C15H25P/c1-12-8-10-13(11-9-12)16(14(2,3)4)15(5,6)7/h8-11H,1-7H3. The zero-order chi connectivity index (χ0) is 12.6. The molecule has 0 heterocycles. The Labute approximate surface area is 102 Å². The average molecular weight is 236 g/mol. The molecule has 16 heavy (non-hydrogen) atoms. The predicted octanol–water partition coefficient (Wildman–Crippen LogP) is 4.70. The number of hydrogen-bond donors (Lipinski definition) is 0. The highest BCUT2D eigenvalue weighted by molar-refractivity contribution is 7.68. The van der Waals surface area contributed by atoms with Crippen molar-refractivity contribution in [2.24, 2.45) is 0 Å². The lowest BCUT2D eigenvalue weighted by molar-refractivity contribution is 0.715. The lowest BCUT2D eigenvalue weighted by Crippen LogP contribution is -2.31. The molecule has 0 saturated carbocycles. The largest absolute Gasteiger partial charge is 0.0643 e. The minimum Gasteiger partial charge on any atom is -0.0643 e. The molecule has 0 nitrogen and oxygen atoms in total. The molecule has 0 aromatic heterocycles. The van der Waals surface area contributed by atoms with Crippen LogP contribution in [0.1, 0.15) is 47.1 Å². The summed E-state index contributed by atoms with van der Waals surface area (Å²) in [7, 11) is -0.150. The first-order valence-corrected chi connectivity index (χ1v) is 7.33. The maximum absolute atomic E-state index is 2.36. The van der Waals surface area contributed by atoms with Gasteiger partial charge in [0.2, 0.25) is 0 Å². The van der Waals surface area contributed by atoms with Gasteiger partial charge in [-0.3, -0.25) is 0 Å². The van der Waals surface area contributed by atoms with Crippen molar-refractivity contribution < 1.29 is 0 Å². The van der Waals surface area contributed by atoms with Crippen LogP contribution in [0.15, 0.2) is 24.3 Å².